The standard InChI is InChI=1S/C22H29N3O5/c1-14(5-12-20(27)24-18(22(29)30)10-11-19(23)26)13-15(2)21(28)16-6-8-17(9-7-16)25(3)4/h5-9,12-13,15,18H,10-11H2,1-4H3,(H2,23,26)(H,24,27)(H,29,30)/b12-5+,14-13+/t15-,18+/m1/s1. The van der Waals surface area contributed by atoms with Gasteiger partial charge in [0.15, 0.2) is 5.78 Å². The number of Topliss-reactive ketones (excluding diaryl/α,β-unsaturated/α-hetero) is 1. The van der Waals surface area contributed by atoms with E-state index >= 15 is 0 Å². The number of carbonyl (C=O) groups is 4. The third-order valence-electron chi connectivity index (χ3n) is 4.39. The van der Waals surface area contributed by atoms with Crippen LogP contribution in [0.2, 0.25) is 0 Å². The first kappa shape index (κ1) is 24.6. The van der Waals surface area contributed by atoms with Gasteiger partial charge in [0.25, 0.3) is 0 Å². The number of nitrogens with zero attached hydrogens (tertiary/aromatic N) is 1. The minimum absolute atomic E-state index is 0.0464. The predicted molar refractivity (Wildman–Crippen MR) is 115 cm³/mol. The Morgan fingerprint density at radius 3 is 2.23 bits per heavy atom. The molecule has 8 heteroatoms. The highest BCUT2D eigenvalue weighted by atomic mass is 16.4. The predicted octanol–water partition coefficient (Wildman–Crippen LogP) is 1.91. The molecule has 0 saturated heterocycles. The number of aliphatic carboxylic acids is 1. The van der Waals surface area contributed by atoms with E-state index in [9.17, 15) is 19.2 Å². The number of nitrogens with one attached hydrogen (secondary N) is 1. The molecule has 0 unspecified atom stereocenters. The molecule has 0 aliphatic rings. The van der Waals surface area contributed by atoms with Gasteiger partial charge in [-0.05, 0) is 37.6 Å². The topological polar surface area (TPSA) is 130 Å². The summed E-state index contributed by atoms with van der Waals surface area (Å²) in [4.78, 5) is 48.4. The summed E-state index contributed by atoms with van der Waals surface area (Å²) in [7, 11) is 3.84. The largest absolute Gasteiger partial charge is 0.480 e. The minimum Gasteiger partial charge on any atom is -0.480 e. The molecule has 0 heterocycles. The SMILES string of the molecule is CC(/C=C/C(=O)N[C@@H](CCC(N)=O)C(=O)O)=C\[C@@H](C)C(=O)c1ccc(N(C)C)cc1. The molecule has 0 aromatic heterocycles. The molecule has 30 heavy (non-hydrogen) atoms. The quantitative estimate of drug-likeness (QED) is 0.288. The Kier molecular flexibility index (Phi) is 9.48. The Hall–Kier alpha value is -3.42. The maximum Gasteiger partial charge on any atom is 0.326 e. The molecule has 2 amide bonds. The first-order valence-electron chi connectivity index (χ1n) is 9.51. The van der Waals surface area contributed by atoms with Crippen LogP contribution in [0.15, 0.2) is 48.1 Å². The minimum atomic E-state index is -1.25. The van der Waals surface area contributed by atoms with Gasteiger partial charge in [-0.15, -0.1) is 0 Å². The fourth-order valence-electron chi connectivity index (χ4n) is 2.68. The number of allylic oxidation sites excluding steroid dienone is 3. The number of ketones is 1. The van der Waals surface area contributed by atoms with E-state index in [4.69, 9.17) is 10.8 Å². The smallest absolute Gasteiger partial charge is 0.326 e. The molecule has 1 rings (SSSR count). The van der Waals surface area contributed by atoms with Crippen molar-refractivity contribution in [2.24, 2.45) is 11.7 Å². The molecule has 0 fully saturated rings. The van der Waals surface area contributed by atoms with E-state index < -0.39 is 29.7 Å². The van der Waals surface area contributed by atoms with Gasteiger partial charge in [-0.25, -0.2) is 4.79 Å². The number of carboxylic acid groups (broad SMARTS) is 1. The zero-order chi connectivity index (χ0) is 22.8. The molecule has 1 aromatic carbocycles. The lowest BCUT2D eigenvalue weighted by Crippen LogP contribution is -2.40. The third kappa shape index (κ3) is 8.30. The van der Waals surface area contributed by atoms with Crippen LogP contribution in [-0.4, -0.2) is 48.8 Å². The second kappa shape index (κ2) is 11.5. The number of anilines is 1. The van der Waals surface area contributed by atoms with E-state index in [1.165, 1.54) is 12.2 Å². The van der Waals surface area contributed by atoms with Crippen LogP contribution in [-0.2, 0) is 14.4 Å². The van der Waals surface area contributed by atoms with Crippen LogP contribution in [0.25, 0.3) is 0 Å². The fraction of sp³-hybridized carbons (Fsp3) is 0.364. The van der Waals surface area contributed by atoms with Crippen molar-refractivity contribution in [2.75, 3.05) is 19.0 Å². The molecule has 0 saturated carbocycles. The first-order chi connectivity index (χ1) is 14.0. The molecule has 0 aliphatic heterocycles. The zero-order valence-corrected chi connectivity index (χ0v) is 17.7. The van der Waals surface area contributed by atoms with Crippen LogP contribution in [0.4, 0.5) is 5.69 Å². The van der Waals surface area contributed by atoms with Crippen molar-refractivity contribution >= 4 is 29.3 Å². The number of primary amides is 1. The summed E-state index contributed by atoms with van der Waals surface area (Å²) in [6.07, 6.45) is 4.19. The lowest BCUT2D eigenvalue weighted by Gasteiger charge is -2.13. The van der Waals surface area contributed by atoms with E-state index in [0.717, 1.165) is 5.69 Å². The highest BCUT2D eigenvalue weighted by molar-refractivity contribution is 5.99. The molecule has 0 aliphatic carbocycles. The summed E-state index contributed by atoms with van der Waals surface area (Å²) in [5, 5.41) is 11.4. The van der Waals surface area contributed by atoms with Gasteiger partial charge in [0.05, 0.1) is 0 Å². The number of amides is 2. The van der Waals surface area contributed by atoms with Crippen molar-refractivity contribution in [3.63, 3.8) is 0 Å². The maximum atomic E-state index is 12.6. The van der Waals surface area contributed by atoms with Crippen LogP contribution >= 0.6 is 0 Å². The summed E-state index contributed by atoms with van der Waals surface area (Å²) in [5.41, 5.74) is 7.28. The van der Waals surface area contributed by atoms with E-state index in [1.54, 1.807) is 32.1 Å². The average Bonchev–Trinajstić information content (AvgIpc) is 2.68. The van der Waals surface area contributed by atoms with Gasteiger partial charge >= 0.3 is 5.97 Å². The Morgan fingerprint density at radius 2 is 1.73 bits per heavy atom. The number of carbonyl (C=O) groups excluding carboxylic acids is 3. The van der Waals surface area contributed by atoms with Crippen molar-refractivity contribution in [1.82, 2.24) is 5.32 Å². The summed E-state index contributed by atoms with van der Waals surface area (Å²) in [6, 6.07) is 6.09. The summed E-state index contributed by atoms with van der Waals surface area (Å²) >= 11 is 0. The van der Waals surface area contributed by atoms with Crippen molar-refractivity contribution < 1.29 is 24.3 Å². The van der Waals surface area contributed by atoms with Gasteiger partial charge in [-0.1, -0.05) is 24.6 Å². The molecule has 1 aromatic rings. The van der Waals surface area contributed by atoms with E-state index in [2.05, 4.69) is 5.32 Å². The Morgan fingerprint density at radius 1 is 1.13 bits per heavy atom. The number of hydrogen-bond donors (Lipinski definition) is 3. The van der Waals surface area contributed by atoms with Crippen LogP contribution in [0.5, 0.6) is 0 Å². The monoisotopic (exact) mass is 415 g/mol. The lowest BCUT2D eigenvalue weighted by molar-refractivity contribution is -0.141. The number of benzene rings is 1. The molecule has 8 nitrogen and oxygen atoms in total. The average molecular weight is 415 g/mol. The fourth-order valence-corrected chi connectivity index (χ4v) is 2.68. The number of rotatable bonds is 11. The Labute approximate surface area is 176 Å². The van der Waals surface area contributed by atoms with Gasteiger partial charge < -0.3 is 21.1 Å². The number of carboxylic acids is 1. The summed E-state index contributed by atoms with van der Waals surface area (Å²) in [6.45, 7) is 3.51. The molecular formula is C22H29N3O5. The number of nitrogens with two attached hydrogens (primary N) is 1. The Bertz CT molecular complexity index is 841. The molecule has 2 atom stereocenters. The van der Waals surface area contributed by atoms with Gasteiger partial charge in [-0.2, -0.15) is 0 Å². The first-order valence-corrected chi connectivity index (χ1v) is 9.51. The highest BCUT2D eigenvalue weighted by Crippen LogP contribution is 2.17. The van der Waals surface area contributed by atoms with Crippen molar-refractivity contribution in [2.45, 2.75) is 32.7 Å². The molecule has 162 valence electrons. The highest BCUT2D eigenvalue weighted by Gasteiger charge is 2.19. The van der Waals surface area contributed by atoms with Gasteiger partial charge in [0.1, 0.15) is 6.04 Å². The van der Waals surface area contributed by atoms with Crippen molar-refractivity contribution in [3.05, 3.63) is 53.6 Å². The molecular weight excluding hydrogens is 386 g/mol. The normalized spacial score (nSPS) is 13.5. The zero-order valence-electron chi connectivity index (χ0n) is 17.7. The van der Waals surface area contributed by atoms with Gasteiger partial charge in [-0.3, -0.25) is 14.4 Å². The molecule has 0 bridgehead atoms. The van der Waals surface area contributed by atoms with E-state index in [0.29, 0.717) is 11.1 Å². The van der Waals surface area contributed by atoms with E-state index in [1.807, 2.05) is 31.1 Å². The second-order valence-corrected chi connectivity index (χ2v) is 7.24. The number of hydrogen-bond acceptors (Lipinski definition) is 5. The van der Waals surface area contributed by atoms with E-state index in [-0.39, 0.29) is 18.6 Å². The van der Waals surface area contributed by atoms with Crippen molar-refractivity contribution in [1.29, 1.82) is 0 Å². The Balaban J connectivity index is 2.72. The third-order valence-corrected chi connectivity index (χ3v) is 4.39. The summed E-state index contributed by atoms with van der Waals surface area (Å²) in [5.74, 6) is -2.94. The lowest BCUT2D eigenvalue weighted by atomic mass is 9.97. The van der Waals surface area contributed by atoms with Gasteiger partial charge in [0, 0.05) is 43.8 Å². The molecule has 0 radical (unpaired) electrons. The van der Waals surface area contributed by atoms with Crippen LogP contribution in [0.1, 0.15) is 37.0 Å². The second-order valence-electron chi connectivity index (χ2n) is 7.24. The maximum absolute atomic E-state index is 12.6. The molecule has 4 N–H and O–H groups in total. The van der Waals surface area contributed by atoms with Crippen LogP contribution in [0, 0.1) is 5.92 Å². The van der Waals surface area contributed by atoms with Crippen LogP contribution < -0.4 is 16.0 Å². The summed E-state index contributed by atoms with van der Waals surface area (Å²) < 4.78 is 0. The molecule has 0 spiro atoms. The van der Waals surface area contributed by atoms with Gasteiger partial charge in [0.2, 0.25) is 11.8 Å². The van der Waals surface area contributed by atoms with Crippen molar-refractivity contribution in [3.8, 4) is 0 Å². The van der Waals surface area contributed by atoms with Crippen LogP contribution in [0.3, 0.4) is 0 Å².